The molecule has 0 aromatic heterocycles. The second kappa shape index (κ2) is 7.03. The van der Waals surface area contributed by atoms with E-state index in [1.807, 2.05) is 0 Å². The highest BCUT2D eigenvalue weighted by atomic mass is 16.6. The van der Waals surface area contributed by atoms with Crippen molar-refractivity contribution in [3.63, 3.8) is 0 Å². The molecular weight excluding hydrogens is 284 g/mol. The van der Waals surface area contributed by atoms with E-state index in [0.717, 1.165) is 0 Å². The van der Waals surface area contributed by atoms with Crippen LogP contribution in [0.25, 0.3) is 6.08 Å². The van der Waals surface area contributed by atoms with Gasteiger partial charge in [0.2, 0.25) is 5.91 Å². The molecule has 0 heterocycles. The number of nitro benzene ring substituents is 1. The molecule has 0 unspecified atom stereocenters. The first-order valence-corrected chi connectivity index (χ1v) is 6.46. The standard InChI is InChI=1S/C16H14N2O4/c1-22-15-5-3-2-4-14(15)17-16(19)11-8-12-6-9-13(10-7-12)18(20)21/h2-11H,1H3,(H,17,19)/b11-8+. The summed E-state index contributed by atoms with van der Waals surface area (Å²) in [6.45, 7) is 0. The van der Waals surface area contributed by atoms with Gasteiger partial charge in [0.05, 0.1) is 17.7 Å². The van der Waals surface area contributed by atoms with Crippen LogP contribution < -0.4 is 10.1 Å². The average Bonchev–Trinajstić information content (AvgIpc) is 2.54. The van der Waals surface area contributed by atoms with E-state index < -0.39 is 4.92 Å². The molecule has 0 spiro atoms. The Morgan fingerprint density at radius 2 is 1.86 bits per heavy atom. The number of ether oxygens (including phenoxy) is 1. The van der Waals surface area contributed by atoms with Gasteiger partial charge >= 0.3 is 0 Å². The quantitative estimate of drug-likeness (QED) is 0.522. The number of carbonyl (C=O) groups excluding carboxylic acids is 1. The molecule has 0 bridgehead atoms. The van der Waals surface area contributed by atoms with Crippen LogP contribution in [0.1, 0.15) is 5.56 Å². The number of amides is 1. The molecule has 22 heavy (non-hydrogen) atoms. The van der Waals surface area contributed by atoms with Crippen LogP contribution in [0.3, 0.4) is 0 Å². The van der Waals surface area contributed by atoms with Crippen LogP contribution in [0.2, 0.25) is 0 Å². The molecular formula is C16H14N2O4. The predicted octanol–water partition coefficient (Wildman–Crippen LogP) is 3.26. The normalized spacial score (nSPS) is 10.4. The number of nitrogens with zero attached hydrogens (tertiary/aromatic N) is 1. The van der Waals surface area contributed by atoms with Crippen LogP contribution >= 0.6 is 0 Å². The van der Waals surface area contributed by atoms with Crippen molar-refractivity contribution in [1.29, 1.82) is 0 Å². The molecule has 1 amide bonds. The van der Waals surface area contributed by atoms with Crippen LogP contribution in [-0.2, 0) is 4.79 Å². The molecule has 0 aliphatic carbocycles. The van der Waals surface area contributed by atoms with Crippen LogP contribution in [0.4, 0.5) is 11.4 Å². The van der Waals surface area contributed by atoms with E-state index in [2.05, 4.69) is 5.32 Å². The Morgan fingerprint density at radius 1 is 1.18 bits per heavy atom. The number of anilines is 1. The average molecular weight is 298 g/mol. The fourth-order valence-electron chi connectivity index (χ4n) is 1.80. The Bertz CT molecular complexity index is 708. The molecule has 0 atom stereocenters. The number of carbonyl (C=O) groups is 1. The molecule has 6 heteroatoms. The SMILES string of the molecule is COc1ccccc1NC(=O)/C=C/c1ccc([N+](=O)[O-])cc1. The zero-order valence-corrected chi connectivity index (χ0v) is 11.9. The first kappa shape index (κ1) is 15.2. The second-order valence-electron chi connectivity index (χ2n) is 4.37. The monoisotopic (exact) mass is 298 g/mol. The molecule has 2 rings (SSSR count). The van der Waals surface area contributed by atoms with Crippen molar-refractivity contribution in [3.05, 3.63) is 70.3 Å². The summed E-state index contributed by atoms with van der Waals surface area (Å²) >= 11 is 0. The summed E-state index contributed by atoms with van der Waals surface area (Å²) < 4.78 is 5.14. The number of nitrogens with one attached hydrogen (secondary N) is 1. The summed E-state index contributed by atoms with van der Waals surface area (Å²) in [5, 5.41) is 13.3. The van der Waals surface area contributed by atoms with Gasteiger partial charge in [0, 0.05) is 18.2 Å². The van der Waals surface area contributed by atoms with E-state index in [4.69, 9.17) is 4.74 Å². The number of hydrogen-bond acceptors (Lipinski definition) is 4. The molecule has 0 aliphatic heterocycles. The minimum Gasteiger partial charge on any atom is -0.495 e. The van der Waals surface area contributed by atoms with Crippen LogP contribution in [0, 0.1) is 10.1 Å². The summed E-state index contributed by atoms with van der Waals surface area (Å²) in [6.07, 6.45) is 2.93. The molecule has 112 valence electrons. The summed E-state index contributed by atoms with van der Waals surface area (Å²) in [5.74, 6) is 0.252. The van der Waals surface area contributed by atoms with Gasteiger partial charge in [-0.05, 0) is 35.9 Å². The Labute approximate surface area is 127 Å². The lowest BCUT2D eigenvalue weighted by Gasteiger charge is -2.07. The van der Waals surface area contributed by atoms with Gasteiger partial charge in [-0.25, -0.2) is 0 Å². The van der Waals surface area contributed by atoms with E-state index in [1.54, 1.807) is 42.5 Å². The number of methoxy groups -OCH3 is 1. The van der Waals surface area contributed by atoms with E-state index in [9.17, 15) is 14.9 Å². The number of nitro groups is 1. The topological polar surface area (TPSA) is 81.5 Å². The van der Waals surface area contributed by atoms with Crippen molar-refractivity contribution < 1.29 is 14.5 Å². The third kappa shape index (κ3) is 3.92. The van der Waals surface area contributed by atoms with E-state index in [0.29, 0.717) is 17.0 Å². The number of para-hydroxylation sites is 2. The first-order chi connectivity index (χ1) is 10.6. The highest BCUT2D eigenvalue weighted by molar-refractivity contribution is 6.02. The van der Waals surface area contributed by atoms with Crippen molar-refractivity contribution in [2.24, 2.45) is 0 Å². The van der Waals surface area contributed by atoms with Crippen LogP contribution in [0.5, 0.6) is 5.75 Å². The van der Waals surface area contributed by atoms with Gasteiger partial charge in [-0.3, -0.25) is 14.9 Å². The minimum absolute atomic E-state index is 0.00984. The zero-order chi connectivity index (χ0) is 15.9. The Hall–Kier alpha value is -3.15. The van der Waals surface area contributed by atoms with Gasteiger partial charge in [-0.2, -0.15) is 0 Å². The van der Waals surface area contributed by atoms with Gasteiger partial charge in [0.1, 0.15) is 5.75 Å². The molecule has 0 fully saturated rings. The van der Waals surface area contributed by atoms with Crippen LogP contribution in [0.15, 0.2) is 54.6 Å². The van der Waals surface area contributed by atoms with E-state index in [-0.39, 0.29) is 11.6 Å². The van der Waals surface area contributed by atoms with Gasteiger partial charge < -0.3 is 10.1 Å². The fourth-order valence-corrected chi connectivity index (χ4v) is 1.80. The van der Waals surface area contributed by atoms with E-state index >= 15 is 0 Å². The Morgan fingerprint density at radius 3 is 2.50 bits per heavy atom. The van der Waals surface area contributed by atoms with Crippen molar-refractivity contribution in [3.8, 4) is 5.75 Å². The maximum Gasteiger partial charge on any atom is 0.269 e. The molecule has 0 radical (unpaired) electrons. The zero-order valence-electron chi connectivity index (χ0n) is 11.9. The molecule has 0 aliphatic rings. The predicted molar refractivity (Wildman–Crippen MR) is 83.8 cm³/mol. The van der Waals surface area contributed by atoms with E-state index in [1.165, 1.54) is 25.3 Å². The molecule has 2 aromatic carbocycles. The maximum absolute atomic E-state index is 11.9. The van der Waals surface area contributed by atoms with Crippen molar-refractivity contribution >= 4 is 23.4 Å². The largest absolute Gasteiger partial charge is 0.495 e. The fraction of sp³-hybridized carbons (Fsp3) is 0.0625. The molecule has 1 N–H and O–H groups in total. The summed E-state index contributed by atoms with van der Waals surface area (Å²) in [4.78, 5) is 22.0. The molecule has 6 nitrogen and oxygen atoms in total. The molecule has 0 saturated carbocycles. The lowest BCUT2D eigenvalue weighted by atomic mass is 10.2. The highest BCUT2D eigenvalue weighted by Gasteiger charge is 2.05. The lowest BCUT2D eigenvalue weighted by molar-refractivity contribution is -0.384. The van der Waals surface area contributed by atoms with Gasteiger partial charge in [0.25, 0.3) is 5.69 Å². The number of rotatable bonds is 5. The summed E-state index contributed by atoms with van der Waals surface area (Å²) in [6, 6.07) is 13.0. The smallest absolute Gasteiger partial charge is 0.269 e. The lowest BCUT2D eigenvalue weighted by Crippen LogP contribution is -2.08. The first-order valence-electron chi connectivity index (χ1n) is 6.46. The molecule has 2 aromatic rings. The number of non-ortho nitro benzene ring substituents is 1. The Kier molecular flexibility index (Phi) is 4.87. The third-order valence-corrected chi connectivity index (χ3v) is 2.90. The highest BCUT2D eigenvalue weighted by Crippen LogP contribution is 2.23. The third-order valence-electron chi connectivity index (χ3n) is 2.90. The van der Waals surface area contributed by atoms with Gasteiger partial charge in [-0.15, -0.1) is 0 Å². The van der Waals surface area contributed by atoms with Crippen molar-refractivity contribution in [1.82, 2.24) is 0 Å². The van der Waals surface area contributed by atoms with Crippen molar-refractivity contribution in [2.75, 3.05) is 12.4 Å². The number of hydrogen-bond donors (Lipinski definition) is 1. The van der Waals surface area contributed by atoms with Crippen LogP contribution in [-0.4, -0.2) is 17.9 Å². The maximum atomic E-state index is 11.9. The van der Waals surface area contributed by atoms with Gasteiger partial charge in [-0.1, -0.05) is 12.1 Å². The minimum atomic E-state index is -0.470. The summed E-state index contributed by atoms with van der Waals surface area (Å²) in [5.41, 5.74) is 1.28. The second-order valence-corrected chi connectivity index (χ2v) is 4.37. The van der Waals surface area contributed by atoms with Crippen molar-refractivity contribution in [2.45, 2.75) is 0 Å². The Balaban J connectivity index is 2.03. The van der Waals surface area contributed by atoms with Gasteiger partial charge in [0.15, 0.2) is 0 Å². The molecule has 0 saturated heterocycles. The number of benzene rings is 2. The summed E-state index contributed by atoms with van der Waals surface area (Å²) in [7, 11) is 1.53.